The summed E-state index contributed by atoms with van der Waals surface area (Å²) in [6, 6.07) is 2.52. The van der Waals surface area contributed by atoms with Crippen LogP contribution in [-0.2, 0) is 10.2 Å². The van der Waals surface area contributed by atoms with Gasteiger partial charge in [0.2, 0.25) is 11.9 Å². The van der Waals surface area contributed by atoms with Gasteiger partial charge in [-0.05, 0) is 12.8 Å². The van der Waals surface area contributed by atoms with Crippen molar-refractivity contribution in [1.82, 2.24) is 20.2 Å². The molecule has 1 amide bonds. The summed E-state index contributed by atoms with van der Waals surface area (Å²) in [7, 11) is 0. The summed E-state index contributed by atoms with van der Waals surface area (Å²) in [6.07, 6.45) is 2.14. The zero-order valence-corrected chi connectivity index (χ0v) is 16.1. The molecule has 0 spiro atoms. The van der Waals surface area contributed by atoms with E-state index in [0.717, 1.165) is 69.6 Å². The lowest BCUT2D eigenvalue weighted by Gasteiger charge is -2.36. The Balaban J connectivity index is 1.49. The van der Waals surface area contributed by atoms with Crippen molar-refractivity contribution in [2.24, 2.45) is 5.92 Å². The monoisotopic (exact) mass is 358 g/mol. The lowest BCUT2D eigenvalue weighted by Crippen LogP contribution is -2.52. The van der Waals surface area contributed by atoms with Gasteiger partial charge in [-0.3, -0.25) is 4.79 Å². The second-order valence-corrected chi connectivity index (χ2v) is 8.77. The molecule has 1 saturated carbocycles. The first-order valence-corrected chi connectivity index (χ1v) is 9.81. The zero-order chi connectivity index (χ0) is 18.3. The Bertz CT molecular complexity index is 669. The number of anilines is 2. The summed E-state index contributed by atoms with van der Waals surface area (Å²) in [5, 5.41) is 6.80. The van der Waals surface area contributed by atoms with Gasteiger partial charge >= 0.3 is 0 Å². The molecular weight excluding hydrogens is 328 g/mol. The molecule has 3 aliphatic rings. The highest BCUT2D eigenvalue weighted by Crippen LogP contribution is 2.31. The highest BCUT2D eigenvalue weighted by atomic mass is 16.2. The highest BCUT2D eigenvalue weighted by Gasteiger charge is 2.35. The van der Waals surface area contributed by atoms with E-state index < -0.39 is 0 Å². The molecule has 2 saturated heterocycles. The minimum atomic E-state index is -0.0320. The van der Waals surface area contributed by atoms with Gasteiger partial charge in [-0.2, -0.15) is 4.98 Å². The van der Waals surface area contributed by atoms with E-state index >= 15 is 0 Å². The van der Waals surface area contributed by atoms with Crippen LogP contribution in [0.3, 0.4) is 0 Å². The molecule has 2 N–H and O–H groups in total. The second kappa shape index (κ2) is 6.68. The Labute approximate surface area is 155 Å². The Morgan fingerprint density at radius 1 is 1.15 bits per heavy atom. The number of piperazine rings is 1. The molecule has 0 unspecified atom stereocenters. The summed E-state index contributed by atoms with van der Waals surface area (Å²) in [6.45, 7) is 11.6. The number of aromatic nitrogens is 2. The maximum Gasteiger partial charge on any atom is 0.227 e. The smallest absolute Gasteiger partial charge is 0.227 e. The number of hydrogen-bond acceptors (Lipinski definition) is 6. The van der Waals surface area contributed by atoms with Crippen LogP contribution in [0.5, 0.6) is 0 Å². The van der Waals surface area contributed by atoms with Gasteiger partial charge in [0.25, 0.3) is 0 Å². The molecule has 0 radical (unpaired) electrons. The quantitative estimate of drug-likeness (QED) is 0.843. The van der Waals surface area contributed by atoms with E-state index in [1.165, 1.54) is 0 Å². The Morgan fingerprint density at radius 3 is 2.38 bits per heavy atom. The molecule has 3 fully saturated rings. The molecule has 1 aromatic heterocycles. The minimum absolute atomic E-state index is 0.0320. The van der Waals surface area contributed by atoms with E-state index in [1.807, 2.05) is 4.90 Å². The number of hydrogen-bond donors (Lipinski definition) is 2. The standard InChI is InChI=1S/C19H30N6O/c1-19(2,3)15-10-16(21-14-11-20-12-14)23-18(22-15)25-8-6-24(7-9-25)17(26)13-4-5-13/h10,13-14,20H,4-9,11-12H2,1-3H3,(H,21,22,23). The minimum Gasteiger partial charge on any atom is -0.365 e. The fourth-order valence-electron chi connectivity index (χ4n) is 3.35. The lowest BCUT2D eigenvalue weighted by molar-refractivity contribution is -0.132. The Hall–Kier alpha value is -1.89. The van der Waals surface area contributed by atoms with Crippen molar-refractivity contribution >= 4 is 17.7 Å². The van der Waals surface area contributed by atoms with Crippen LogP contribution in [0.2, 0.25) is 0 Å². The summed E-state index contributed by atoms with van der Waals surface area (Å²) in [5.41, 5.74) is 1.02. The molecule has 0 atom stereocenters. The van der Waals surface area contributed by atoms with Gasteiger partial charge in [-0.25, -0.2) is 4.98 Å². The summed E-state index contributed by atoms with van der Waals surface area (Å²) in [5.74, 6) is 2.33. The first-order chi connectivity index (χ1) is 12.4. The van der Waals surface area contributed by atoms with E-state index in [1.54, 1.807) is 0 Å². The van der Waals surface area contributed by atoms with Gasteiger partial charge in [0.1, 0.15) is 5.82 Å². The predicted octanol–water partition coefficient (Wildman–Crippen LogP) is 1.22. The molecule has 7 heteroatoms. The van der Waals surface area contributed by atoms with Crippen LogP contribution in [0, 0.1) is 5.92 Å². The Morgan fingerprint density at radius 2 is 1.85 bits per heavy atom. The van der Waals surface area contributed by atoms with Crippen molar-refractivity contribution in [3.8, 4) is 0 Å². The summed E-state index contributed by atoms with van der Waals surface area (Å²) >= 11 is 0. The fourth-order valence-corrected chi connectivity index (χ4v) is 3.35. The maximum absolute atomic E-state index is 12.3. The number of carbonyl (C=O) groups excluding carboxylic acids is 1. The first-order valence-electron chi connectivity index (χ1n) is 9.81. The van der Waals surface area contributed by atoms with Crippen molar-refractivity contribution in [2.75, 3.05) is 49.5 Å². The number of amides is 1. The molecule has 7 nitrogen and oxygen atoms in total. The third-order valence-corrected chi connectivity index (χ3v) is 5.42. The second-order valence-electron chi connectivity index (χ2n) is 8.77. The van der Waals surface area contributed by atoms with Crippen LogP contribution in [0.1, 0.15) is 39.3 Å². The molecule has 0 bridgehead atoms. The third kappa shape index (κ3) is 3.77. The van der Waals surface area contributed by atoms with E-state index in [0.29, 0.717) is 17.9 Å². The number of nitrogens with zero attached hydrogens (tertiary/aromatic N) is 4. The molecular formula is C19H30N6O. The van der Waals surface area contributed by atoms with Crippen LogP contribution in [-0.4, -0.2) is 66.1 Å². The molecule has 2 aliphatic heterocycles. The van der Waals surface area contributed by atoms with Gasteiger partial charge in [0.15, 0.2) is 0 Å². The van der Waals surface area contributed by atoms with Gasteiger partial charge in [0.05, 0.1) is 11.7 Å². The molecule has 1 aliphatic carbocycles. The van der Waals surface area contributed by atoms with E-state index in [9.17, 15) is 4.79 Å². The number of nitrogens with one attached hydrogen (secondary N) is 2. The van der Waals surface area contributed by atoms with Crippen LogP contribution in [0.15, 0.2) is 6.07 Å². The molecule has 0 aromatic carbocycles. The average Bonchev–Trinajstić information content (AvgIpc) is 3.42. The highest BCUT2D eigenvalue weighted by molar-refractivity contribution is 5.81. The summed E-state index contributed by atoms with van der Waals surface area (Å²) in [4.78, 5) is 26.1. The summed E-state index contributed by atoms with van der Waals surface area (Å²) < 4.78 is 0. The van der Waals surface area contributed by atoms with Crippen molar-refractivity contribution in [2.45, 2.75) is 45.1 Å². The van der Waals surface area contributed by atoms with E-state index in [2.05, 4.69) is 42.4 Å². The molecule has 3 heterocycles. The van der Waals surface area contributed by atoms with Crippen molar-refractivity contribution < 1.29 is 4.79 Å². The number of rotatable bonds is 4. The van der Waals surface area contributed by atoms with Crippen molar-refractivity contribution in [3.05, 3.63) is 11.8 Å². The largest absolute Gasteiger partial charge is 0.365 e. The fraction of sp³-hybridized carbons (Fsp3) is 0.737. The number of carbonyl (C=O) groups is 1. The predicted molar refractivity (Wildman–Crippen MR) is 103 cm³/mol. The molecule has 142 valence electrons. The van der Waals surface area contributed by atoms with Crippen LogP contribution >= 0.6 is 0 Å². The van der Waals surface area contributed by atoms with E-state index in [-0.39, 0.29) is 5.41 Å². The molecule has 26 heavy (non-hydrogen) atoms. The van der Waals surface area contributed by atoms with Crippen molar-refractivity contribution in [3.63, 3.8) is 0 Å². The van der Waals surface area contributed by atoms with Gasteiger partial charge < -0.3 is 20.4 Å². The van der Waals surface area contributed by atoms with Crippen LogP contribution < -0.4 is 15.5 Å². The Kier molecular flexibility index (Phi) is 4.50. The van der Waals surface area contributed by atoms with Gasteiger partial charge in [0, 0.05) is 56.7 Å². The molecule has 1 aromatic rings. The first kappa shape index (κ1) is 17.5. The molecule has 4 rings (SSSR count). The van der Waals surface area contributed by atoms with E-state index in [4.69, 9.17) is 9.97 Å². The van der Waals surface area contributed by atoms with Gasteiger partial charge in [-0.1, -0.05) is 20.8 Å². The third-order valence-electron chi connectivity index (χ3n) is 5.42. The SMILES string of the molecule is CC(C)(C)c1cc(NC2CNC2)nc(N2CCN(C(=O)C3CC3)CC2)n1. The van der Waals surface area contributed by atoms with Gasteiger partial charge in [-0.15, -0.1) is 0 Å². The maximum atomic E-state index is 12.3. The average molecular weight is 358 g/mol. The normalized spacial score (nSPS) is 21.5. The zero-order valence-electron chi connectivity index (χ0n) is 16.1. The lowest BCUT2D eigenvalue weighted by atomic mass is 9.92. The topological polar surface area (TPSA) is 73.4 Å². The van der Waals surface area contributed by atoms with Crippen LogP contribution in [0.25, 0.3) is 0 Å². The van der Waals surface area contributed by atoms with Crippen LogP contribution in [0.4, 0.5) is 11.8 Å². The van der Waals surface area contributed by atoms with Crippen molar-refractivity contribution in [1.29, 1.82) is 0 Å².